The summed E-state index contributed by atoms with van der Waals surface area (Å²) >= 11 is 0. The molecular weight excluding hydrogens is 186 g/mol. The van der Waals surface area contributed by atoms with Crippen molar-refractivity contribution in [3.05, 3.63) is 10.4 Å². The highest BCUT2D eigenvalue weighted by Crippen LogP contribution is 2.28. The van der Waals surface area contributed by atoms with Crippen LogP contribution in [-0.2, 0) is 14.3 Å². The normalized spacial score (nSPS) is 29.6. The van der Waals surface area contributed by atoms with Crippen LogP contribution in [0.1, 0.15) is 20.8 Å². The van der Waals surface area contributed by atoms with Gasteiger partial charge in [-0.25, -0.2) is 0 Å². The van der Waals surface area contributed by atoms with Crippen LogP contribution in [0.2, 0.25) is 0 Å². The van der Waals surface area contributed by atoms with E-state index in [2.05, 4.69) is 10.0 Å². The maximum atomic E-state index is 11.4. The lowest BCUT2D eigenvalue weighted by molar-refractivity contribution is -0.153. The van der Waals surface area contributed by atoms with Gasteiger partial charge in [0, 0.05) is 4.91 Å². The van der Waals surface area contributed by atoms with Crippen LogP contribution in [0.5, 0.6) is 0 Å². The lowest BCUT2D eigenvalue weighted by Gasteiger charge is -2.16. The van der Waals surface area contributed by atoms with E-state index in [1.165, 1.54) is 0 Å². The molecule has 0 aromatic heterocycles. The molecule has 0 amide bonds. The standard InChI is InChI=1S/C8H13N3O3/c1-5-7(6(12)4-10-11-9)14-8(2,3)13-5/h5,7H,4H2,1-3H3/t5-,7?/m0/s1. The molecule has 1 aliphatic heterocycles. The van der Waals surface area contributed by atoms with Crippen LogP contribution in [0.15, 0.2) is 5.11 Å². The molecule has 0 aromatic rings. The molecule has 6 nitrogen and oxygen atoms in total. The van der Waals surface area contributed by atoms with Crippen LogP contribution in [-0.4, -0.2) is 30.3 Å². The fourth-order valence-corrected chi connectivity index (χ4v) is 1.46. The quantitative estimate of drug-likeness (QED) is 0.391. The second-order valence-corrected chi connectivity index (χ2v) is 3.62. The lowest BCUT2D eigenvalue weighted by atomic mass is 10.1. The van der Waals surface area contributed by atoms with E-state index in [0.717, 1.165) is 0 Å². The highest BCUT2D eigenvalue weighted by molar-refractivity contribution is 5.85. The van der Waals surface area contributed by atoms with E-state index in [9.17, 15) is 4.79 Å². The number of ether oxygens (including phenoxy) is 2. The van der Waals surface area contributed by atoms with Gasteiger partial charge in [0.05, 0.1) is 12.6 Å². The van der Waals surface area contributed by atoms with E-state index >= 15 is 0 Å². The summed E-state index contributed by atoms with van der Waals surface area (Å²) in [5.74, 6) is -0.989. The van der Waals surface area contributed by atoms with Crippen molar-refractivity contribution >= 4 is 5.78 Å². The molecule has 1 heterocycles. The topological polar surface area (TPSA) is 84.3 Å². The number of nitrogens with zero attached hydrogens (tertiary/aromatic N) is 3. The largest absolute Gasteiger partial charge is 0.344 e. The molecule has 1 saturated heterocycles. The second-order valence-electron chi connectivity index (χ2n) is 3.62. The van der Waals surface area contributed by atoms with E-state index in [-0.39, 0.29) is 18.4 Å². The van der Waals surface area contributed by atoms with E-state index in [0.29, 0.717) is 0 Å². The minimum absolute atomic E-state index is 0.190. The number of azide groups is 1. The van der Waals surface area contributed by atoms with Gasteiger partial charge in [-0.15, -0.1) is 0 Å². The molecule has 2 atom stereocenters. The van der Waals surface area contributed by atoms with Gasteiger partial charge in [-0.05, 0) is 26.3 Å². The van der Waals surface area contributed by atoms with Crippen LogP contribution >= 0.6 is 0 Å². The number of carbonyl (C=O) groups excluding carboxylic acids is 1. The first-order valence-electron chi connectivity index (χ1n) is 4.35. The predicted octanol–water partition coefficient (Wildman–Crippen LogP) is 1.41. The number of hydrogen-bond acceptors (Lipinski definition) is 4. The van der Waals surface area contributed by atoms with Crippen LogP contribution < -0.4 is 0 Å². The van der Waals surface area contributed by atoms with Crippen molar-refractivity contribution < 1.29 is 14.3 Å². The SMILES string of the molecule is C[C@@H]1OC(C)(C)OC1C(=O)CN=[N+]=[N-]. The van der Waals surface area contributed by atoms with E-state index < -0.39 is 11.9 Å². The number of carbonyl (C=O) groups is 1. The summed E-state index contributed by atoms with van der Waals surface area (Å²) in [5, 5.41) is 3.19. The Morgan fingerprint density at radius 3 is 2.64 bits per heavy atom. The highest BCUT2D eigenvalue weighted by Gasteiger charge is 2.41. The zero-order chi connectivity index (χ0) is 10.8. The summed E-state index contributed by atoms with van der Waals surface area (Å²) in [5.41, 5.74) is 8.06. The molecular formula is C8H13N3O3. The van der Waals surface area contributed by atoms with Crippen molar-refractivity contribution in [2.45, 2.75) is 38.8 Å². The number of ketones is 1. The van der Waals surface area contributed by atoms with Gasteiger partial charge in [0.1, 0.15) is 6.10 Å². The number of hydrogen-bond donors (Lipinski definition) is 0. The van der Waals surface area contributed by atoms with Crippen LogP contribution in [0, 0.1) is 0 Å². The number of rotatable bonds is 3. The third kappa shape index (κ3) is 2.45. The van der Waals surface area contributed by atoms with Crippen LogP contribution in [0.3, 0.4) is 0 Å². The predicted molar refractivity (Wildman–Crippen MR) is 48.5 cm³/mol. The fourth-order valence-electron chi connectivity index (χ4n) is 1.46. The molecule has 14 heavy (non-hydrogen) atoms. The summed E-state index contributed by atoms with van der Waals surface area (Å²) in [6.45, 7) is 5.05. The summed E-state index contributed by atoms with van der Waals surface area (Å²) < 4.78 is 10.7. The maximum Gasteiger partial charge on any atom is 0.170 e. The molecule has 0 bridgehead atoms. The van der Waals surface area contributed by atoms with Gasteiger partial charge in [-0.2, -0.15) is 0 Å². The van der Waals surface area contributed by atoms with Crippen molar-refractivity contribution in [3.63, 3.8) is 0 Å². The minimum Gasteiger partial charge on any atom is -0.344 e. The summed E-state index contributed by atoms with van der Waals surface area (Å²) in [6, 6.07) is 0. The van der Waals surface area contributed by atoms with Crippen molar-refractivity contribution in [2.24, 2.45) is 5.11 Å². The Balaban J connectivity index is 2.61. The van der Waals surface area contributed by atoms with Crippen molar-refractivity contribution in [3.8, 4) is 0 Å². The van der Waals surface area contributed by atoms with Gasteiger partial charge in [0.15, 0.2) is 11.6 Å². The van der Waals surface area contributed by atoms with Gasteiger partial charge in [-0.1, -0.05) is 5.11 Å². The molecule has 1 fully saturated rings. The van der Waals surface area contributed by atoms with Gasteiger partial charge in [0.2, 0.25) is 0 Å². The minimum atomic E-state index is -0.740. The molecule has 1 aliphatic rings. The van der Waals surface area contributed by atoms with Crippen molar-refractivity contribution in [1.82, 2.24) is 0 Å². The average Bonchev–Trinajstić information content (AvgIpc) is 2.35. The molecule has 0 spiro atoms. The molecule has 0 radical (unpaired) electrons. The fraction of sp³-hybridized carbons (Fsp3) is 0.875. The monoisotopic (exact) mass is 199 g/mol. The highest BCUT2D eigenvalue weighted by atomic mass is 16.8. The second kappa shape index (κ2) is 3.96. The third-order valence-corrected chi connectivity index (χ3v) is 1.91. The van der Waals surface area contributed by atoms with Crippen molar-refractivity contribution in [1.29, 1.82) is 0 Å². The first-order chi connectivity index (χ1) is 6.46. The van der Waals surface area contributed by atoms with E-state index in [1.807, 2.05) is 0 Å². The Hall–Kier alpha value is -1.10. The smallest absolute Gasteiger partial charge is 0.170 e. The first-order valence-corrected chi connectivity index (χ1v) is 4.35. The number of Topliss-reactive ketones (excluding diaryl/α,β-unsaturated/α-hetero) is 1. The maximum absolute atomic E-state index is 11.4. The molecule has 0 aromatic carbocycles. The van der Waals surface area contributed by atoms with Gasteiger partial charge in [0.25, 0.3) is 0 Å². The van der Waals surface area contributed by atoms with E-state index in [4.69, 9.17) is 15.0 Å². The Morgan fingerprint density at radius 2 is 2.21 bits per heavy atom. The molecule has 0 aliphatic carbocycles. The first kappa shape index (κ1) is 11.0. The zero-order valence-electron chi connectivity index (χ0n) is 8.43. The third-order valence-electron chi connectivity index (χ3n) is 1.91. The molecule has 0 N–H and O–H groups in total. The molecule has 78 valence electrons. The Morgan fingerprint density at radius 1 is 1.57 bits per heavy atom. The Labute approximate surface area is 81.8 Å². The summed E-state index contributed by atoms with van der Waals surface area (Å²) in [7, 11) is 0. The van der Waals surface area contributed by atoms with E-state index in [1.54, 1.807) is 20.8 Å². The summed E-state index contributed by atoms with van der Waals surface area (Å²) in [6.07, 6.45) is -0.929. The van der Waals surface area contributed by atoms with Crippen LogP contribution in [0.25, 0.3) is 10.4 Å². The molecule has 0 saturated carbocycles. The van der Waals surface area contributed by atoms with Gasteiger partial charge in [-0.3, -0.25) is 4.79 Å². The molecule has 1 unspecified atom stereocenters. The van der Waals surface area contributed by atoms with Crippen LogP contribution in [0.4, 0.5) is 0 Å². The zero-order valence-corrected chi connectivity index (χ0v) is 8.43. The van der Waals surface area contributed by atoms with Crippen molar-refractivity contribution in [2.75, 3.05) is 6.54 Å². The summed E-state index contributed by atoms with van der Waals surface area (Å²) in [4.78, 5) is 13.9. The molecule has 6 heteroatoms. The van der Waals surface area contributed by atoms with Gasteiger partial charge < -0.3 is 9.47 Å². The molecule has 1 rings (SSSR count). The average molecular weight is 199 g/mol. The Kier molecular flexibility index (Phi) is 3.10. The Bertz CT molecular complexity index is 284. The lowest BCUT2D eigenvalue weighted by Crippen LogP contribution is -2.31. The van der Waals surface area contributed by atoms with Gasteiger partial charge >= 0.3 is 0 Å².